The number of carbonyl (C=O) groups is 1. The Hall–Kier alpha value is -0.570. The molecular formula is C13H25NO2. The summed E-state index contributed by atoms with van der Waals surface area (Å²) in [4.78, 5) is 11.2. The summed E-state index contributed by atoms with van der Waals surface area (Å²) >= 11 is 0. The molecule has 3 nitrogen and oxygen atoms in total. The summed E-state index contributed by atoms with van der Waals surface area (Å²) in [5.41, 5.74) is 0. The van der Waals surface area contributed by atoms with E-state index in [1.165, 1.54) is 38.5 Å². The third-order valence-electron chi connectivity index (χ3n) is 3.38. The lowest BCUT2D eigenvalue weighted by Crippen LogP contribution is -2.37. The van der Waals surface area contributed by atoms with Gasteiger partial charge in [-0.25, -0.2) is 0 Å². The summed E-state index contributed by atoms with van der Waals surface area (Å²) in [6.07, 6.45) is 7.72. The summed E-state index contributed by atoms with van der Waals surface area (Å²) < 4.78 is 4.89. The molecule has 1 aliphatic carbocycles. The average Bonchev–Trinajstić information content (AvgIpc) is 2.29. The number of rotatable bonds is 6. The van der Waals surface area contributed by atoms with Gasteiger partial charge in [-0.2, -0.15) is 0 Å². The highest BCUT2D eigenvalue weighted by molar-refractivity contribution is 5.71. The molecule has 0 amide bonds. The van der Waals surface area contributed by atoms with Gasteiger partial charge in [-0.05, 0) is 38.5 Å². The third-order valence-corrected chi connectivity index (χ3v) is 3.38. The zero-order valence-electron chi connectivity index (χ0n) is 10.6. The van der Waals surface area contributed by atoms with Crippen molar-refractivity contribution >= 4 is 5.97 Å². The Balaban J connectivity index is 2.10. The van der Waals surface area contributed by atoms with Gasteiger partial charge in [0, 0.05) is 6.04 Å². The Kier molecular flexibility index (Phi) is 6.46. The van der Waals surface area contributed by atoms with E-state index in [2.05, 4.69) is 12.2 Å². The SMILES string of the molecule is CCCC1CCC(NCC(=O)OCC)CC1. The van der Waals surface area contributed by atoms with Crippen molar-refractivity contribution in [2.45, 2.75) is 58.4 Å². The van der Waals surface area contributed by atoms with Crippen LogP contribution in [-0.2, 0) is 9.53 Å². The minimum atomic E-state index is -0.127. The first kappa shape index (κ1) is 13.5. The van der Waals surface area contributed by atoms with Crippen LogP contribution < -0.4 is 5.32 Å². The van der Waals surface area contributed by atoms with Crippen molar-refractivity contribution in [2.75, 3.05) is 13.2 Å². The maximum Gasteiger partial charge on any atom is 0.319 e. The standard InChI is InChI=1S/C13H25NO2/c1-3-5-11-6-8-12(9-7-11)14-10-13(15)16-4-2/h11-12,14H,3-10H2,1-2H3. The number of ether oxygens (including phenoxy) is 1. The molecule has 1 aliphatic rings. The van der Waals surface area contributed by atoms with Gasteiger partial charge < -0.3 is 10.1 Å². The molecule has 3 heteroatoms. The van der Waals surface area contributed by atoms with E-state index in [-0.39, 0.29) is 5.97 Å². The van der Waals surface area contributed by atoms with E-state index in [1.807, 2.05) is 6.92 Å². The smallest absolute Gasteiger partial charge is 0.319 e. The predicted molar refractivity (Wildman–Crippen MR) is 65.3 cm³/mol. The van der Waals surface area contributed by atoms with E-state index in [0.717, 1.165) is 5.92 Å². The van der Waals surface area contributed by atoms with Crippen LogP contribution in [0.3, 0.4) is 0 Å². The first-order valence-electron chi connectivity index (χ1n) is 6.65. The molecule has 1 fully saturated rings. The van der Waals surface area contributed by atoms with E-state index >= 15 is 0 Å². The van der Waals surface area contributed by atoms with Gasteiger partial charge in [-0.15, -0.1) is 0 Å². The Morgan fingerprint density at radius 3 is 2.50 bits per heavy atom. The number of hydrogen-bond acceptors (Lipinski definition) is 3. The van der Waals surface area contributed by atoms with Crippen molar-refractivity contribution in [1.82, 2.24) is 5.32 Å². The average molecular weight is 227 g/mol. The molecule has 94 valence electrons. The molecule has 0 spiro atoms. The van der Waals surface area contributed by atoms with Crippen LogP contribution in [-0.4, -0.2) is 25.2 Å². The Labute approximate surface area is 98.9 Å². The molecule has 0 bridgehead atoms. The molecule has 1 rings (SSSR count). The second kappa shape index (κ2) is 7.66. The fourth-order valence-corrected chi connectivity index (χ4v) is 2.50. The van der Waals surface area contributed by atoms with Gasteiger partial charge >= 0.3 is 5.97 Å². The fraction of sp³-hybridized carbons (Fsp3) is 0.923. The highest BCUT2D eigenvalue weighted by Gasteiger charge is 2.20. The van der Waals surface area contributed by atoms with Gasteiger partial charge in [0.2, 0.25) is 0 Å². The van der Waals surface area contributed by atoms with Gasteiger partial charge in [0.25, 0.3) is 0 Å². The molecule has 0 heterocycles. The minimum absolute atomic E-state index is 0.127. The van der Waals surface area contributed by atoms with Crippen molar-refractivity contribution in [3.8, 4) is 0 Å². The van der Waals surface area contributed by atoms with Crippen LogP contribution >= 0.6 is 0 Å². The number of nitrogens with one attached hydrogen (secondary N) is 1. The van der Waals surface area contributed by atoms with Crippen molar-refractivity contribution in [3.05, 3.63) is 0 Å². The first-order valence-corrected chi connectivity index (χ1v) is 6.65. The van der Waals surface area contributed by atoms with Gasteiger partial charge in [-0.3, -0.25) is 4.79 Å². The van der Waals surface area contributed by atoms with E-state index in [4.69, 9.17) is 4.74 Å². The molecule has 1 saturated carbocycles. The molecular weight excluding hydrogens is 202 g/mol. The van der Waals surface area contributed by atoms with Crippen LogP contribution in [0.5, 0.6) is 0 Å². The van der Waals surface area contributed by atoms with Crippen LogP contribution in [0.2, 0.25) is 0 Å². The van der Waals surface area contributed by atoms with Crippen LogP contribution in [0.15, 0.2) is 0 Å². The lowest BCUT2D eigenvalue weighted by atomic mass is 9.83. The van der Waals surface area contributed by atoms with Crippen LogP contribution in [0, 0.1) is 5.92 Å². The monoisotopic (exact) mass is 227 g/mol. The molecule has 0 atom stereocenters. The molecule has 0 aromatic carbocycles. The molecule has 0 saturated heterocycles. The maximum absolute atomic E-state index is 11.2. The van der Waals surface area contributed by atoms with E-state index in [0.29, 0.717) is 19.2 Å². The highest BCUT2D eigenvalue weighted by atomic mass is 16.5. The molecule has 1 N–H and O–H groups in total. The zero-order valence-corrected chi connectivity index (χ0v) is 10.6. The summed E-state index contributed by atoms with van der Waals surface area (Å²) in [5.74, 6) is 0.795. The normalized spacial score (nSPS) is 25.4. The van der Waals surface area contributed by atoms with Gasteiger partial charge in [0.05, 0.1) is 13.2 Å². The molecule has 0 aromatic rings. The Bertz CT molecular complexity index is 198. The maximum atomic E-state index is 11.2. The molecule has 16 heavy (non-hydrogen) atoms. The van der Waals surface area contributed by atoms with Crippen LogP contribution in [0.1, 0.15) is 52.4 Å². The minimum Gasteiger partial charge on any atom is -0.465 e. The second-order valence-corrected chi connectivity index (χ2v) is 4.69. The lowest BCUT2D eigenvalue weighted by Gasteiger charge is -2.28. The van der Waals surface area contributed by atoms with E-state index in [1.54, 1.807) is 0 Å². The Morgan fingerprint density at radius 1 is 1.25 bits per heavy atom. The van der Waals surface area contributed by atoms with Crippen molar-refractivity contribution < 1.29 is 9.53 Å². The largest absolute Gasteiger partial charge is 0.465 e. The summed E-state index contributed by atoms with van der Waals surface area (Å²) in [7, 11) is 0. The zero-order chi connectivity index (χ0) is 11.8. The van der Waals surface area contributed by atoms with Crippen molar-refractivity contribution in [3.63, 3.8) is 0 Å². The number of hydrogen-bond donors (Lipinski definition) is 1. The molecule has 0 aliphatic heterocycles. The van der Waals surface area contributed by atoms with Gasteiger partial charge in [-0.1, -0.05) is 19.8 Å². The first-order chi connectivity index (χ1) is 7.76. The number of esters is 1. The summed E-state index contributed by atoms with van der Waals surface area (Å²) in [5, 5.41) is 3.29. The van der Waals surface area contributed by atoms with Crippen molar-refractivity contribution in [1.29, 1.82) is 0 Å². The third kappa shape index (κ3) is 4.97. The fourth-order valence-electron chi connectivity index (χ4n) is 2.50. The summed E-state index contributed by atoms with van der Waals surface area (Å²) in [6, 6.07) is 0.525. The van der Waals surface area contributed by atoms with Gasteiger partial charge in [0.15, 0.2) is 0 Å². The Morgan fingerprint density at radius 2 is 1.94 bits per heavy atom. The van der Waals surface area contributed by atoms with Crippen molar-refractivity contribution in [2.24, 2.45) is 5.92 Å². The summed E-state index contributed by atoms with van der Waals surface area (Å²) in [6.45, 7) is 4.94. The van der Waals surface area contributed by atoms with E-state index in [9.17, 15) is 4.79 Å². The molecule has 0 aromatic heterocycles. The van der Waals surface area contributed by atoms with Crippen LogP contribution in [0.25, 0.3) is 0 Å². The predicted octanol–water partition coefficient (Wildman–Crippen LogP) is 2.50. The molecule has 0 unspecified atom stereocenters. The molecule has 0 radical (unpaired) electrons. The quantitative estimate of drug-likeness (QED) is 0.709. The number of carbonyl (C=O) groups excluding carboxylic acids is 1. The van der Waals surface area contributed by atoms with Gasteiger partial charge in [0.1, 0.15) is 0 Å². The lowest BCUT2D eigenvalue weighted by molar-refractivity contribution is -0.142. The highest BCUT2D eigenvalue weighted by Crippen LogP contribution is 2.27. The topological polar surface area (TPSA) is 38.3 Å². The van der Waals surface area contributed by atoms with E-state index < -0.39 is 0 Å². The second-order valence-electron chi connectivity index (χ2n) is 4.69. The van der Waals surface area contributed by atoms with Crippen LogP contribution in [0.4, 0.5) is 0 Å².